The molecule has 1 heterocycles. The molecule has 3 heteroatoms. The predicted octanol–water partition coefficient (Wildman–Crippen LogP) is 3.67. The van der Waals surface area contributed by atoms with Crippen LogP contribution in [0, 0.1) is 0 Å². The number of hydrogen-bond donors (Lipinski definition) is 1. The molecule has 3 aromatic rings. The van der Waals surface area contributed by atoms with Crippen molar-refractivity contribution < 1.29 is 0 Å². The van der Waals surface area contributed by atoms with Crippen molar-refractivity contribution in [1.29, 1.82) is 0 Å². The smallest absolute Gasteiger partial charge is 0.251 e. The van der Waals surface area contributed by atoms with E-state index in [2.05, 4.69) is 34.2 Å². The van der Waals surface area contributed by atoms with Gasteiger partial charge in [0.25, 0.3) is 5.56 Å². The summed E-state index contributed by atoms with van der Waals surface area (Å²) in [6, 6.07) is 19.9. The van der Waals surface area contributed by atoms with Gasteiger partial charge >= 0.3 is 0 Å². The minimum atomic E-state index is -0.107. The van der Waals surface area contributed by atoms with Crippen LogP contribution in [-0.2, 0) is 6.42 Å². The van der Waals surface area contributed by atoms with Crippen LogP contribution in [0.15, 0.2) is 65.5 Å². The summed E-state index contributed by atoms with van der Waals surface area (Å²) in [4.78, 5) is 18.8. The van der Waals surface area contributed by atoms with Crippen LogP contribution < -0.4 is 5.56 Å². The summed E-state index contributed by atoms with van der Waals surface area (Å²) in [5, 5.41) is 0. The molecule has 0 saturated heterocycles. The van der Waals surface area contributed by atoms with Crippen molar-refractivity contribution >= 4 is 0 Å². The molecule has 104 valence electrons. The zero-order valence-corrected chi connectivity index (χ0v) is 11.8. The largest absolute Gasteiger partial charge is 0.311 e. The van der Waals surface area contributed by atoms with Crippen LogP contribution >= 0.6 is 0 Å². The van der Waals surface area contributed by atoms with Crippen molar-refractivity contribution in [3.63, 3.8) is 0 Å². The van der Waals surface area contributed by atoms with Crippen molar-refractivity contribution in [3.8, 4) is 22.4 Å². The van der Waals surface area contributed by atoms with Gasteiger partial charge < -0.3 is 4.98 Å². The van der Waals surface area contributed by atoms with E-state index in [4.69, 9.17) is 0 Å². The lowest BCUT2D eigenvalue weighted by Crippen LogP contribution is -2.10. The second-order valence-corrected chi connectivity index (χ2v) is 4.87. The van der Waals surface area contributed by atoms with Crippen LogP contribution in [0.25, 0.3) is 22.4 Å². The number of H-pyrrole nitrogens is 1. The number of rotatable bonds is 3. The predicted molar refractivity (Wildman–Crippen MR) is 85.1 cm³/mol. The number of benzene rings is 2. The Hall–Kier alpha value is -2.68. The van der Waals surface area contributed by atoms with Crippen LogP contribution in [0.2, 0.25) is 0 Å². The number of hydrogen-bond acceptors (Lipinski definition) is 2. The van der Waals surface area contributed by atoms with Gasteiger partial charge in [-0.25, -0.2) is 4.98 Å². The van der Waals surface area contributed by atoms with Gasteiger partial charge in [0.2, 0.25) is 0 Å². The first-order chi connectivity index (χ1) is 10.3. The number of aromatic nitrogens is 2. The number of aromatic amines is 1. The van der Waals surface area contributed by atoms with Gasteiger partial charge in [-0.2, -0.15) is 0 Å². The highest BCUT2D eigenvalue weighted by Gasteiger charge is 2.04. The fourth-order valence-corrected chi connectivity index (χ4v) is 2.29. The van der Waals surface area contributed by atoms with Crippen LogP contribution in [-0.4, -0.2) is 9.97 Å². The van der Waals surface area contributed by atoms with Gasteiger partial charge in [-0.1, -0.05) is 61.5 Å². The molecule has 0 bridgehead atoms. The van der Waals surface area contributed by atoms with Gasteiger partial charge in [0, 0.05) is 18.1 Å². The molecule has 0 aliphatic heterocycles. The van der Waals surface area contributed by atoms with E-state index in [0.717, 1.165) is 16.8 Å². The molecule has 0 spiro atoms. The molecule has 0 atom stereocenters. The molecule has 0 unspecified atom stereocenters. The van der Waals surface area contributed by atoms with E-state index >= 15 is 0 Å². The summed E-state index contributed by atoms with van der Waals surface area (Å²) in [6.07, 6.45) is 0.713. The van der Waals surface area contributed by atoms with Gasteiger partial charge in [0.15, 0.2) is 0 Å². The van der Waals surface area contributed by atoms with Gasteiger partial charge in [-0.15, -0.1) is 0 Å². The lowest BCUT2D eigenvalue weighted by molar-refractivity contribution is 0.924. The maximum absolute atomic E-state index is 11.6. The second kappa shape index (κ2) is 5.75. The Morgan fingerprint density at radius 2 is 1.52 bits per heavy atom. The topological polar surface area (TPSA) is 45.8 Å². The van der Waals surface area contributed by atoms with Gasteiger partial charge in [-0.05, 0) is 11.1 Å². The minimum absolute atomic E-state index is 0.107. The van der Waals surface area contributed by atoms with Crippen molar-refractivity contribution in [1.82, 2.24) is 9.97 Å². The van der Waals surface area contributed by atoms with Crippen LogP contribution in [0.3, 0.4) is 0 Å². The van der Waals surface area contributed by atoms with Crippen LogP contribution in [0.5, 0.6) is 0 Å². The van der Waals surface area contributed by atoms with Gasteiger partial charge in [0.1, 0.15) is 5.82 Å². The van der Waals surface area contributed by atoms with E-state index in [1.54, 1.807) is 0 Å². The van der Waals surface area contributed by atoms with Crippen LogP contribution in [0.1, 0.15) is 12.7 Å². The first kappa shape index (κ1) is 13.3. The quantitative estimate of drug-likeness (QED) is 0.793. The van der Waals surface area contributed by atoms with E-state index in [1.807, 2.05) is 37.3 Å². The fraction of sp³-hybridized carbons (Fsp3) is 0.111. The minimum Gasteiger partial charge on any atom is -0.311 e. The van der Waals surface area contributed by atoms with Gasteiger partial charge in [0.05, 0.1) is 5.69 Å². The Morgan fingerprint density at radius 3 is 2.19 bits per heavy atom. The lowest BCUT2D eigenvalue weighted by Gasteiger charge is -2.05. The summed E-state index contributed by atoms with van der Waals surface area (Å²) in [6.45, 7) is 1.97. The Morgan fingerprint density at radius 1 is 0.905 bits per heavy atom. The third-order valence-electron chi connectivity index (χ3n) is 3.41. The molecule has 0 aliphatic carbocycles. The molecule has 0 radical (unpaired) electrons. The highest BCUT2D eigenvalue weighted by atomic mass is 16.1. The van der Waals surface area contributed by atoms with E-state index in [9.17, 15) is 4.79 Å². The van der Waals surface area contributed by atoms with Crippen molar-refractivity contribution in [3.05, 3.63) is 76.8 Å². The molecule has 3 nitrogen and oxygen atoms in total. The zero-order valence-electron chi connectivity index (χ0n) is 11.8. The highest BCUT2D eigenvalue weighted by Crippen LogP contribution is 2.23. The first-order valence-electron chi connectivity index (χ1n) is 7.02. The average molecular weight is 276 g/mol. The molecule has 21 heavy (non-hydrogen) atoms. The Kier molecular flexibility index (Phi) is 3.65. The third-order valence-corrected chi connectivity index (χ3v) is 3.41. The average Bonchev–Trinajstić information content (AvgIpc) is 2.55. The van der Waals surface area contributed by atoms with Crippen molar-refractivity contribution in [2.75, 3.05) is 0 Å². The zero-order chi connectivity index (χ0) is 14.7. The van der Waals surface area contributed by atoms with E-state index in [-0.39, 0.29) is 5.56 Å². The molecule has 0 fully saturated rings. The molecular formula is C18H16N2O. The van der Waals surface area contributed by atoms with E-state index in [1.165, 1.54) is 11.6 Å². The molecular weight excluding hydrogens is 260 g/mol. The van der Waals surface area contributed by atoms with Crippen LogP contribution in [0.4, 0.5) is 0 Å². The summed E-state index contributed by atoms with van der Waals surface area (Å²) in [7, 11) is 0. The standard InChI is InChI=1S/C18H16N2O/c1-2-17-19-16(12-18(21)20-17)15-10-8-14(9-11-15)13-6-4-3-5-7-13/h3-12H,2H2,1H3,(H,19,20,21). The molecule has 1 aromatic heterocycles. The van der Waals surface area contributed by atoms with Crippen molar-refractivity contribution in [2.24, 2.45) is 0 Å². The first-order valence-corrected chi connectivity index (χ1v) is 7.02. The normalized spacial score (nSPS) is 10.5. The lowest BCUT2D eigenvalue weighted by atomic mass is 10.0. The molecule has 1 N–H and O–H groups in total. The molecule has 0 saturated carbocycles. The number of nitrogens with one attached hydrogen (secondary N) is 1. The summed E-state index contributed by atoms with van der Waals surface area (Å²) >= 11 is 0. The third kappa shape index (κ3) is 2.92. The molecule has 0 aliphatic rings. The molecule has 0 amide bonds. The van der Waals surface area contributed by atoms with Crippen molar-refractivity contribution in [2.45, 2.75) is 13.3 Å². The van der Waals surface area contributed by atoms with E-state index < -0.39 is 0 Å². The summed E-state index contributed by atoms with van der Waals surface area (Å²) in [5.41, 5.74) is 3.90. The highest BCUT2D eigenvalue weighted by molar-refractivity contribution is 5.68. The summed E-state index contributed by atoms with van der Waals surface area (Å²) < 4.78 is 0. The maximum Gasteiger partial charge on any atom is 0.251 e. The summed E-state index contributed by atoms with van der Waals surface area (Å²) in [5.74, 6) is 0.713. The monoisotopic (exact) mass is 276 g/mol. The van der Waals surface area contributed by atoms with Gasteiger partial charge in [-0.3, -0.25) is 4.79 Å². The van der Waals surface area contributed by atoms with E-state index in [0.29, 0.717) is 12.2 Å². The fourth-order valence-electron chi connectivity index (χ4n) is 2.29. The SMILES string of the molecule is CCc1nc(-c2ccc(-c3ccccc3)cc2)cc(=O)[nH]1. The second-order valence-electron chi connectivity index (χ2n) is 4.87. The number of aryl methyl sites for hydroxylation is 1. The Labute approximate surface area is 123 Å². The molecule has 2 aromatic carbocycles. The Bertz CT molecular complexity index is 789. The Balaban J connectivity index is 1.98. The number of nitrogens with zero attached hydrogens (tertiary/aromatic N) is 1. The maximum atomic E-state index is 11.6. The molecule has 3 rings (SSSR count).